The second-order valence-electron chi connectivity index (χ2n) is 6.50. The first-order valence-corrected chi connectivity index (χ1v) is 8.97. The van der Waals surface area contributed by atoms with Gasteiger partial charge in [0.1, 0.15) is 17.2 Å². The Morgan fingerprint density at radius 3 is 2.23 bits per heavy atom. The number of amides is 2. The molecule has 136 valence electrons. The van der Waals surface area contributed by atoms with E-state index in [0.29, 0.717) is 0 Å². The maximum absolute atomic E-state index is 13.7. The maximum atomic E-state index is 13.7. The molecule has 0 radical (unpaired) electrons. The predicted octanol–water partition coefficient (Wildman–Crippen LogP) is 3.93. The highest BCUT2D eigenvalue weighted by molar-refractivity contribution is 6.03. The van der Waals surface area contributed by atoms with Gasteiger partial charge in [0.05, 0.1) is 5.69 Å². The van der Waals surface area contributed by atoms with Gasteiger partial charge < -0.3 is 10.6 Å². The van der Waals surface area contributed by atoms with E-state index in [1.807, 2.05) is 0 Å². The van der Waals surface area contributed by atoms with Gasteiger partial charge in [0, 0.05) is 6.04 Å². The van der Waals surface area contributed by atoms with E-state index in [-0.39, 0.29) is 29.0 Å². The number of benzene rings is 1. The van der Waals surface area contributed by atoms with Gasteiger partial charge in [0.25, 0.3) is 11.8 Å². The molecule has 5 nitrogen and oxygen atoms in total. The Morgan fingerprint density at radius 2 is 1.54 bits per heavy atom. The van der Waals surface area contributed by atoms with Crippen LogP contribution in [0.4, 0.5) is 10.1 Å². The molecule has 2 amide bonds. The van der Waals surface area contributed by atoms with E-state index in [1.54, 1.807) is 24.3 Å². The number of nitrogens with zero attached hydrogens (tertiary/aromatic N) is 1. The number of rotatable bonds is 4. The topological polar surface area (TPSA) is 71.1 Å². The summed E-state index contributed by atoms with van der Waals surface area (Å²) in [5.74, 6) is -1.36. The van der Waals surface area contributed by atoms with Crippen LogP contribution in [0.2, 0.25) is 0 Å². The molecule has 1 aromatic carbocycles. The summed E-state index contributed by atoms with van der Waals surface area (Å²) in [5.41, 5.74) is 0.338. The molecule has 0 aliphatic heterocycles. The fourth-order valence-electron chi connectivity index (χ4n) is 3.12. The lowest BCUT2D eigenvalue weighted by atomic mass is 10.1. The Kier molecular flexibility index (Phi) is 5.94. The summed E-state index contributed by atoms with van der Waals surface area (Å²) in [7, 11) is 0. The van der Waals surface area contributed by atoms with Crippen molar-refractivity contribution >= 4 is 17.5 Å². The first-order valence-electron chi connectivity index (χ1n) is 8.97. The number of halogens is 1. The molecule has 0 atom stereocenters. The molecule has 26 heavy (non-hydrogen) atoms. The van der Waals surface area contributed by atoms with Crippen LogP contribution in [0.5, 0.6) is 0 Å². The van der Waals surface area contributed by atoms with Crippen LogP contribution in [-0.2, 0) is 0 Å². The lowest BCUT2D eigenvalue weighted by Crippen LogP contribution is -2.35. The summed E-state index contributed by atoms with van der Waals surface area (Å²) >= 11 is 0. The summed E-state index contributed by atoms with van der Waals surface area (Å²) in [5, 5.41) is 5.48. The number of carbonyl (C=O) groups excluding carboxylic acids is 2. The number of hydrogen-bond acceptors (Lipinski definition) is 3. The number of carbonyl (C=O) groups is 2. The minimum Gasteiger partial charge on any atom is -0.348 e. The molecular weight excluding hydrogens is 333 g/mol. The Labute approximate surface area is 152 Å². The second-order valence-corrected chi connectivity index (χ2v) is 6.50. The number of para-hydroxylation sites is 1. The minimum atomic E-state index is -0.556. The average molecular weight is 355 g/mol. The molecule has 0 saturated heterocycles. The van der Waals surface area contributed by atoms with E-state index in [1.165, 1.54) is 31.0 Å². The van der Waals surface area contributed by atoms with Crippen LogP contribution in [0.25, 0.3) is 0 Å². The van der Waals surface area contributed by atoms with E-state index < -0.39 is 11.7 Å². The van der Waals surface area contributed by atoms with E-state index in [0.717, 1.165) is 25.7 Å². The Morgan fingerprint density at radius 1 is 0.885 bits per heavy atom. The zero-order chi connectivity index (χ0) is 18.4. The van der Waals surface area contributed by atoms with Crippen molar-refractivity contribution in [1.82, 2.24) is 10.3 Å². The van der Waals surface area contributed by atoms with Gasteiger partial charge in [-0.2, -0.15) is 0 Å². The standard InChI is InChI=1S/C20H22FN3O2/c21-15-10-5-6-11-16(15)24-20(26)18-13-7-12-17(23-18)19(25)22-14-8-3-1-2-4-9-14/h5-7,10-14H,1-4,8-9H2,(H,22,25)(H,24,26). The molecule has 1 aliphatic rings. The van der Waals surface area contributed by atoms with E-state index in [4.69, 9.17) is 0 Å². The van der Waals surface area contributed by atoms with E-state index in [9.17, 15) is 14.0 Å². The third kappa shape index (κ3) is 4.65. The Hall–Kier alpha value is -2.76. The van der Waals surface area contributed by atoms with Crippen molar-refractivity contribution in [2.45, 2.75) is 44.6 Å². The summed E-state index contributed by atoms with van der Waals surface area (Å²) in [4.78, 5) is 28.9. The molecule has 1 fully saturated rings. The van der Waals surface area contributed by atoms with Crippen molar-refractivity contribution in [3.8, 4) is 0 Å². The first-order chi connectivity index (χ1) is 12.6. The molecular formula is C20H22FN3O2. The number of aromatic nitrogens is 1. The molecule has 3 rings (SSSR count). The number of nitrogens with one attached hydrogen (secondary N) is 2. The summed E-state index contributed by atoms with van der Waals surface area (Å²) in [6.45, 7) is 0. The van der Waals surface area contributed by atoms with Crippen molar-refractivity contribution < 1.29 is 14.0 Å². The third-order valence-electron chi connectivity index (χ3n) is 4.53. The fraction of sp³-hybridized carbons (Fsp3) is 0.350. The van der Waals surface area contributed by atoms with Crippen LogP contribution in [0.1, 0.15) is 59.5 Å². The monoisotopic (exact) mass is 355 g/mol. The highest BCUT2D eigenvalue weighted by Crippen LogP contribution is 2.18. The predicted molar refractivity (Wildman–Crippen MR) is 97.5 cm³/mol. The maximum Gasteiger partial charge on any atom is 0.274 e. The highest BCUT2D eigenvalue weighted by Gasteiger charge is 2.18. The van der Waals surface area contributed by atoms with Crippen LogP contribution in [-0.4, -0.2) is 22.8 Å². The van der Waals surface area contributed by atoms with Gasteiger partial charge in [-0.15, -0.1) is 0 Å². The normalized spacial score (nSPS) is 15.1. The van der Waals surface area contributed by atoms with Crippen molar-refractivity contribution in [1.29, 1.82) is 0 Å². The first kappa shape index (κ1) is 18.0. The Balaban J connectivity index is 1.68. The minimum absolute atomic E-state index is 0.0711. The Bertz CT molecular complexity index is 786. The summed E-state index contributed by atoms with van der Waals surface area (Å²) < 4.78 is 13.7. The lowest BCUT2D eigenvalue weighted by molar-refractivity contribution is 0.0928. The summed E-state index contributed by atoms with van der Waals surface area (Å²) in [6, 6.07) is 10.7. The molecule has 1 aromatic heterocycles. The molecule has 1 saturated carbocycles. The zero-order valence-corrected chi connectivity index (χ0v) is 14.5. The molecule has 2 N–H and O–H groups in total. The van der Waals surface area contributed by atoms with Crippen LogP contribution in [0, 0.1) is 5.82 Å². The fourth-order valence-corrected chi connectivity index (χ4v) is 3.12. The van der Waals surface area contributed by atoms with Crippen LogP contribution in [0.3, 0.4) is 0 Å². The second kappa shape index (κ2) is 8.56. The molecule has 0 spiro atoms. The van der Waals surface area contributed by atoms with Crippen LogP contribution in [0.15, 0.2) is 42.5 Å². The highest BCUT2D eigenvalue weighted by atomic mass is 19.1. The molecule has 0 unspecified atom stereocenters. The number of pyridine rings is 1. The smallest absolute Gasteiger partial charge is 0.274 e. The molecule has 2 aromatic rings. The van der Waals surface area contributed by atoms with Crippen molar-refractivity contribution in [2.24, 2.45) is 0 Å². The van der Waals surface area contributed by atoms with E-state index >= 15 is 0 Å². The molecule has 1 aliphatic carbocycles. The van der Waals surface area contributed by atoms with E-state index in [2.05, 4.69) is 15.6 Å². The van der Waals surface area contributed by atoms with Gasteiger partial charge in [-0.3, -0.25) is 9.59 Å². The van der Waals surface area contributed by atoms with Gasteiger partial charge in [0.2, 0.25) is 0 Å². The largest absolute Gasteiger partial charge is 0.348 e. The van der Waals surface area contributed by atoms with Crippen molar-refractivity contribution in [3.63, 3.8) is 0 Å². The van der Waals surface area contributed by atoms with Crippen molar-refractivity contribution in [2.75, 3.05) is 5.32 Å². The van der Waals surface area contributed by atoms with Gasteiger partial charge >= 0.3 is 0 Å². The molecule has 6 heteroatoms. The van der Waals surface area contributed by atoms with Gasteiger partial charge in [-0.25, -0.2) is 9.37 Å². The van der Waals surface area contributed by atoms with Gasteiger partial charge in [0.15, 0.2) is 0 Å². The average Bonchev–Trinajstić information content (AvgIpc) is 2.92. The SMILES string of the molecule is O=C(Nc1ccccc1F)c1cccc(C(=O)NC2CCCCCC2)n1. The molecule has 0 bridgehead atoms. The number of anilines is 1. The van der Waals surface area contributed by atoms with Gasteiger partial charge in [-0.05, 0) is 37.1 Å². The van der Waals surface area contributed by atoms with Crippen molar-refractivity contribution in [3.05, 3.63) is 59.7 Å². The zero-order valence-electron chi connectivity index (χ0n) is 14.5. The summed E-state index contributed by atoms with van der Waals surface area (Å²) in [6.07, 6.45) is 6.58. The van der Waals surface area contributed by atoms with Crippen LogP contribution >= 0.6 is 0 Å². The van der Waals surface area contributed by atoms with Crippen LogP contribution < -0.4 is 10.6 Å². The quantitative estimate of drug-likeness (QED) is 0.817. The lowest BCUT2D eigenvalue weighted by Gasteiger charge is -2.16. The molecule has 1 heterocycles. The number of hydrogen-bond donors (Lipinski definition) is 2. The third-order valence-corrected chi connectivity index (χ3v) is 4.53. The van der Waals surface area contributed by atoms with Gasteiger partial charge in [-0.1, -0.05) is 43.9 Å².